The van der Waals surface area contributed by atoms with E-state index in [2.05, 4.69) is 71.4 Å². The first kappa shape index (κ1) is 67.8. The van der Waals surface area contributed by atoms with Crippen molar-refractivity contribution in [3.8, 4) is 0 Å². The van der Waals surface area contributed by atoms with Gasteiger partial charge >= 0.3 is 72.4 Å². The van der Waals surface area contributed by atoms with Gasteiger partial charge in [0.25, 0.3) is 0 Å². The molecule has 0 aliphatic rings. The summed E-state index contributed by atoms with van der Waals surface area (Å²) in [6.07, 6.45) is -7.75. The average Bonchev–Trinajstić information content (AvgIpc) is 3.36. The quantitative estimate of drug-likeness (QED) is 0.0231. The van der Waals surface area contributed by atoms with Crippen LogP contribution in [0.3, 0.4) is 0 Å². The predicted octanol–water partition coefficient (Wildman–Crippen LogP) is 1.79. The van der Waals surface area contributed by atoms with Crippen molar-refractivity contribution in [1.82, 2.24) is 31.9 Å². The maximum atomic E-state index is 13.0. The lowest BCUT2D eigenvalue weighted by Crippen LogP contribution is -2.49. The van der Waals surface area contributed by atoms with E-state index < -0.39 is 176 Å². The fraction of sp³-hybridized carbons (Fsp3) is 0.478. The second-order valence-corrected chi connectivity index (χ2v) is 16.1. The van der Waals surface area contributed by atoms with Gasteiger partial charge in [-0.25, -0.2) is 57.5 Å². The number of amides is 6. The minimum Gasteiger partial charge on any atom is -0.449 e. The van der Waals surface area contributed by atoms with Crippen LogP contribution >= 0.6 is 0 Å². The number of carbonyl (C=O) groups excluding carboxylic acids is 12. The van der Waals surface area contributed by atoms with Crippen LogP contribution in [-0.4, -0.2) is 166 Å². The molecule has 0 spiro atoms. The summed E-state index contributed by atoms with van der Waals surface area (Å²) in [5.74, 6) is -5.38. The van der Waals surface area contributed by atoms with Crippen molar-refractivity contribution in [2.24, 2.45) is 10.8 Å². The Bertz CT molecular complexity index is 1860. The monoisotopic (exact) mass is 1100 g/mol. The minimum absolute atomic E-state index is 0.0255. The van der Waals surface area contributed by atoms with Crippen LogP contribution in [-0.2, 0) is 90.3 Å². The molecule has 77 heavy (non-hydrogen) atoms. The second kappa shape index (κ2) is 35.9. The maximum absolute atomic E-state index is 13.0. The third-order valence-electron chi connectivity index (χ3n) is 8.48. The molecule has 31 nitrogen and oxygen atoms in total. The first-order chi connectivity index (χ1) is 36.0. The lowest BCUT2D eigenvalue weighted by Gasteiger charge is -2.35. The van der Waals surface area contributed by atoms with E-state index in [9.17, 15) is 57.5 Å². The van der Waals surface area contributed by atoms with Crippen LogP contribution in [0.25, 0.3) is 0 Å². The van der Waals surface area contributed by atoms with Crippen LogP contribution in [0, 0.1) is 10.8 Å². The van der Waals surface area contributed by atoms with Crippen molar-refractivity contribution in [1.29, 1.82) is 0 Å². The molecule has 6 N–H and O–H groups in total. The molecular weight excluding hydrogens is 1040 g/mol. The van der Waals surface area contributed by atoms with Gasteiger partial charge in [-0.3, -0.25) is 31.9 Å². The number of esters is 6. The number of alkyl carbamates (subject to hydrolysis) is 6. The highest BCUT2D eigenvalue weighted by Crippen LogP contribution is 2.26. The van der Waals surface area contributed by atoms with Crippen molar-refractivity contribution in [2.45, 2.75) is 41.5 Å². The summed E-state index contributed by atoms with van der Waals surface area (Å²) in [6.45, 7) is 16.5. The Labute approximate surface area is 441 Å². The topological polar surface area (TPSA) is 397 Å². The predicted molar refractivity (Wildman–Crippen MR) is 257 cm³/mol. The van der Waals surface area contributed by atoms with Crippen molar-refractivity contribution in [3.05, 3.63) is 72.9 Å². The number of rotatable bonds is 34. The lowest BCUT2D eigenvalue weighted by atomic mass is 9.90. The SMILES string of the molecule is C=C(C)C(=O)OCNC(=O)OCC(COCC(COC(=O)NCOC(=O)C(=C)C)(COC(=O)NCOC(=O)C(=C)C)COC(=O)NCOC(=O)C(=C)C)(COC(=O)NCOC(=O)C(=C)C)COC(=O)NCOC(=O)C(=C)C. The summed E-state index contributed by atoms with van der Waals surface area (Å²) < 4.78 is 67.1. The molecule has 0 saturated heterocycles. The summed E-state index contributed by atoms with van der Waals surface area (Å²) in [6, 6.07) is 0. The van der Waals surface area contributed by atoms with Gasteiger partial charge in [0.1, 0.15) is 39.6 Å². The zero-order chi connectivity index (χ0) is 58.7. The van der Waals surface area contributed by atoms with E-state index in [1.807, 2.05) is 0 Å². The van der Waals surface area contributed by atoms with Crippen LogP contribution in [0.2, 0.25) is 0 Å². The first-order valence-corrected chi connectivity index (χ1v) is 22.0. The molecule has 0 rings (SSSR count). The van der Waals surface area contributed by atoms with Gasteiger partial charge in [0.05, 0.1) is 24.0 Å². The molecule has 0 aliphatic carbocycles. The average molecular weight is 1100 g/mol. The third-order valence-corrected chi connectivity index (χ3v) is 8.48. The molecule has 0 unspecified atom stereocenters. The molecule has 428 valence electrons. The van der Waals surface area contributed by atoms with Gasteiger partial charge in [0.15, 0.2) is 40.4 Å². The van der Waals surface area contributed by atoms with E-state index in [0.29, 0.717) is 0 Å². The molecule has 0 aromatic heterocycles. The van der Waals surface area contributed by atoms with Gasteiger partial charge in [0.2, 0.25) is 0 Å². The number of nitrogens with one attached hydrogen (secondary N) is 6. The lowest BCUT2D eigenvalue weighted by molar-refractivity contribution is -0.140. The van der Waals surface area contributed by atoms with Gasteiger partial charge < -0.3 is 61.6 Å². The van der Waals surface area contributed by atoms with E-state index in [-0.39, 0.29) is 33.4 Å². The summed E-state index contributed by atoms with van der Waals surface area (Å²) in [7, 11) is 0. The largest absolute Gasteiger partial charge is 0.449 e. The van der Waals surface area contributed by atoms with E-state index in [1.165, 1.54) is 41.5 Å². The molecule has 6 amide bonds. The standard InChI is InChI=1S/C46H64N6O25/c1-27(2)33(53)72-21-47-39(59)66-15-45(16-67-40(60)48-22-73-34(54)28(3)4,17-68-41(61)49-23-74-35(55)29(5)6)13-65-14-46(18-69-42(62)50-24-75-36(56)30(7)8,19-70-43(63)51-25-76-37(57)31(9)10)20-71-44(64)52-26-77-38(58)32(11)12/h1,3,5,7,9,11,13-26H2,2,4,6,8,10,12H3,(H,47,59)(H,48,60)(H,49,61)(H,50,62)(H,51,63)(H,52,64). The van der Waals surface area contributed by atoms with Crippen molar-refractivity contribution >= 4 is 72.4 Å². The summed E-state index contributed by atoms with van der Waals surface area (Å²) in [4.78, 5) is 149. The van der Waals surface area contributed by atoms with Crippen molar-refractivity contribution in [2.75, 3.05) is 93.2 Å². The molecule has 0 bridgehead atoms. The van der Waals surface area contributed by atoms with Gasteiger partial charge in [-0.1, -0.05) is 39.5 Å². The van der Waals surface area contributed by atoms with E-state index in [0.717, 1.165) is 0 Å². The van der Waals surface area contributed by atoms with Crippen LogP contribution in [0.5, 0.6) is 0 Å². The molecule has 31 heteroatoms. The highest BCUT2D eigenvalue weighted by Gasteiger charge is 2.41. The number of hydrogen-bond donors (Lipinski definition) is 6. The summed E-state index contributed by atoms with van der Waals surface area (Å²) in [5.41, 5.74) is -4.30. The Morgan fingerprint density at radius 1 is 0.260 bits per heavy atom. The normalized spacial score (nSPS) is 10.4. The van der Waals surface area contributed by atoms with Gasteiger partial charge in [-0.15, -0.1) is 0 Å². The Hall–Kier alpha value is -9.16. The Kier molecular flexibility index (Phi) is 31.6. The van der Waals surface area contributed by atoms with Gasteiger partial charge in [-0.2, -0.15) is 0 Å². The maximum Gasteiger partial charge on any atom is 0.409 e. The van der Waals surface area contributed by atoms with Crippen LogP contribution in [0.1, 0.15) is 41.5 Å². The van der Waals surface area contributed by atoms with E-state index in [4.69, 9.17) is 61.6 Å². The fourth-order valence-electron chi connectivity index (χ4n) is 4.30. The highest BCUT2D eigenvalue weighted by molar-refractivity contribution is 5.89. The third kappa shape index (κ3) is 31.2. The number of carbonyl (C=O) groups is 12. The fourth-order valence-corrected chi connectivity index (χ4v) is 4.30. The Morgan fingerprint density at radius 3 is 0.532 bits per heavy atom. The van der Waals surface area contributed by atoms with Gasteiger partial charge in [0, 0.05) is 33.4 Å². The molecule has 0 fully saturated rings. The molecule has 0 atom stereocenters. The molecule has 0 saturated carbocycles. The van der Waals surface area contributed by atoms with E-state index >= 15 is 0 Å². The van der Waals surface area contributed by atoms with Crippen molar-refractivity contribution in [3.63, 3.8) is 0 Å². The molecule has 0 aromatic rings. The van der Waals surface area contributed by atoms with Crippen LogP contribution < -0.4 is 31.9 Å². The Morgan fingerprint density at radius 2 is 0.403 bits per heavy atom. The molecule has 0 aromatic carbocycles. The van der Waals surface area contributed by atoms with Gasteiger partial charge in [-0.05, 0) is 41.5 Å². The van der Waals surface area contributed by atoms with Crippen molar-refractivity contribution < 1.29 is 119 Å². The minimum atomic E-state index is -2.07. The van der Waals surface area contributed by atoms with E-state index in [1.54, 1.807) is 0 Å². The second-order valence-electron chi connectivity index (χ2n) is 16.1. The molecule has 0 radical (unpaired) electrons. The zero-order valence-corrected chi connectivity index (χ0v) is 43.3. The van der Waals surface area contributed by atoms with Crippen LogP contribution in [0.15, 0.2) is 72.9 Å². The molecular formula is C46H64N6O25. The molecule has 0 heterocycles. The first-order valence-electron chi connectivity index (χ1n) is 22.0. The summed E-state index contributed by atoms with van der Waals surface area (Å²) >= 11 is 0. The molecule has 0 aliphatic heterocycles. The summed E-state index contributed by atoms with van der Waals surface area (Å²) in [5, 5.41) is 12.7. The smallest absolute Gasteiger partial charge is 0.409 e. The Balaban J connectivity index is 7.40. The van der Waals surface area contributed by atoms with Crippen LogP contribution in [0.4, 0.5) is 28.8 Å². The highest BCUT2D eigenvalue weighted by atomic mass is 16.6. The number of ether oxygens (including phenoxy) is 13. The zero-order valence-electron chi connectivity index (χ0n) is 43.3. The number of hydrogen-bond acceptors (Lipinski definition) is 25.